The number of methoxy groups -OCH3 is 1. The highest BCUT2D eigenvalue weighted by Gasteiger charge is 2.11. The Balaban J connectivity index is 3.33. The van der Waals surface area contributed by atoms with Crippen LogP contribution in [0.15, 0.2) is 0 Å². The summed E-state index contributed by atoms with van der Waals surface area (Å²) in [6.45, 7) is 10.2. The van der Waals surface area contributed by atoms with Gasteiger partial charge in [-0.15, -0.1) is 0 Å². The van der Waals surface area contributed by atoms with Gasteiger partial charge in [-0.3, -0.25) is 0 Å². The molecule has 0 aliphatic rings. The van der Waals surface area contributed by atoms with Gasteiger partial charge in [0.1, 0.15) is 0 Å². The molecule has 1 atom stereocenters. The summed E-state index contributed by atoms with van der Waals surface area (Å²) in [4.78, 5) is 0. The number of hydrogen-bond acceptors (Lipinski definition) is 3. The van der Waals surface area contributed by atoms with E-state index in [2.05, 4.69) is 26.1 Å². The average Bonchev–Trinajstić information content (AvgIpc) is 2.26. The van der Waals surface area contributed by atoms with E-state index in [1.807, 2.05) is 0 Å². The Labute approximate surface area is 101 Å². The van der Waals surface area contributed by atoms with Gasteiger partial charge in [-0.1, -0.05) is 27.2 Å². The van der Waals surface area contributed by atoms with Crippen molar-refractivity contribution in [3.63, 3.8) is 0 Å². The lowest BCUT2D eigenvalue weighted by atomic mass is 10.1. The smallest absolute Gasteiger partial charge is 0.0618 e. The minimum atomic E-state index is 0.459. The highest BCUT2D eigenvalue weighted by atomic mass is 16.5. The highest BCUT2D eigenvalue weighted by molar-refractivity contribution is 4.69. The van der Waals surface area contributed by atoms with Gasteiger partial charge in [0.25, 0.3) is 0 Å². The molecular formula is C13H29NO2. The molecule has 1 N–H and O–H groups in total. The Hall–Kier alpha value is -0.120. The molecule has 98 valence electrons. The standard InChI is InChI=1S/C13H29NO2/c1-5-6-9-16-10-7-8-14-13(11-15-4)12(2)3/h12-14H,5-11H2,1-4H3. The van der Waals surface area contributed by atoms with Crippen molar-refractivity contribution < 1.29 is 9.47 Å². The first-order valence-electron chi connectivity index (χ1n) is 6.52. The molecule has 0 radical (unpaired) electrons. The lowest BCUT2D eigenvalue weighted by molar-refractivity contribution is 0.121. The van der Waals surface area contributed by atoms with Gasteiger partial charge in [-0.2, -0.15) is 0 Å². The van der Waals surface area contributed by atoms with E-state index >= 15 is 0 Å². The zero-order valence-electron chi connectivity index (χ0n) is 11.4. The zero-order valence-corrected chi connectivity index (χ0v) is 11.4. The number of ether oxygens (including phenoxy) is 2. The van der Waals surface area contributed by atoms with Crippen molar-refractivity contribution in [2.24, 2.45) is 5.92 Å². The van der Waals surface area contributed by atoms with Gasteiger partial charge >= 0.3 is 0 Å². The molecule has 3 heteroatoms. The maximum Gasteiger partial charge on any atom is 0.0618 e. The van der Waals surface area contributed by atoms with Gasteiger partial charge in [0, 0.05) is 26.4 Å². The van der Waals surface area contributed by atoms with Crippen LogP contribution in [0.5, 0.6) is 0 Å². The van der Waals surface area contributed by atoms with E-state index in [1.54, 1.807) is 7.11 Å². The van der Waals surface area contributed by atoms with Gasteiger partial charge < -0.3 is 14.8 Å². The van der Waals surface area contributed by atoms with E-state index in [1.165, 1.54) is 12.8 Å². The van der Waals surface area contributed by atoms with E-state index < -0.39 is 0 Å². The molecule has 0 heterocycles. The summed E-state index contributed by atoms with van der Waals surface area (Å²) in [7, 11) is 1.75. The topological polar surface area (TPSA) is 30.5 Å². The number of nitrogens with one attached hydrogen (secondary N) is 1. The Morgan fingerprint density at radius 3 is 2.38 bits per heavy atom. The summed E-state index contributed by atoms with van der Waals surface area (Å²) < 4.78 is 10.7. The van der Waals surface area contributed by atoms with Crippen LogP contribution in [0.2, 0.25) is 0 Å². The minimum Gasteiger partial charge on any atom is -0.383 e. The molecule has 0 spiro atoms. The summed E-state index contributed by atoms with van der Waals surface area (Å²) in [6.07, 6.45) is 3.46. The van der Waals surface area contributed by atoms with Crippen LogP contribution in [0, 0.1) is 5.92 Å². The number of unbranched alkanes of at least 4 members (excludes halogenated alkanes) is 1. The quantitative estimate of drug-likeness (QED) is 0.554. The van der Waals surface area contributed by atoms with E-state index in [0.717, 1.165) is 32.8 Å². The zero-order chi connectivity index (χ0) is 12.2. The lowest BCUT2D eigenvalue weighted by Gasteiger charge is -2.21. The van der Waals surface area contributed by atoms with E-state index in [9.17, 15) is 0 Å². The highest BCUT2D eigenvalue weighted by Crippen LogP contribution is 2.01. The second-order valence-corrected chi connectivity index (χ2v) is 4.58. The second-order valence-electron chi connectivity index (χ2n) is 4.58. The van der Waals surface area contributed by atoms with Crippen LogP contribution in [-0.4, -0.2) is 39.5 Å². The van der Waals surface area contributed by atoms with Crippen molar-refractivity contribution in [3.8, 4) is 0 Å². The van der Waals surface area contributed by atoms with Gasteiger partial charge in [0.2, 0.25) is 0 Å². The molecule has 0 aromatic carbocycles. The second kappa shape index (κ2) is 11.4. The van der Waals surface area contributed by atoms with Crippen molar-refractivity contribution in [3.05, 3.63) is 0 Å². The van der Waals surface area contributed by atoms with Crippen molar-refractivity contribution in [1.29, 1.82) is 0 Å². The summed E-state index contributed by atoms with van der Waals surface area (Å²) in [5.74, 6) is 0.612. The van der Waals surface area contributed by atoms with Crippen molar-refractivity contribution >= 4 is 0 Å². The van der Waals surface area contributed by atoms with Crippen LogP contribution in [0.25, 0.3) is 0 Å². The molecule has 0 aliphatic carbocycles. The van der Waals surface area contributed by atoms with E-state index in [-0.39, 0.29) is 0 Å². The average molecular weight is 231 g/mol. The molecule has 0 aliphatic heterocycles. The summed E-state index contributed by atoms with van der Waals surface area (Å²) in [5.41, 5.74) is 0. The van der Waals surface area contributed by atoms with Crippen LogP contribution >= 0.6 is 0 Å². The maximum absolute atomic E-state index is 5.51. The third kappa shape index (κ3) is 9.13. The predicted octanol–water partition coefficient (Wildman–Crippen LogP) is 2.45. The SMILES string of the molecule is CCCCOCCCNC(COC)C(C)C. The number of rotatable bonds is 11. The third-order valence-corrected chi connectivity index (χ3v) is 2.67. The Morgan fingerprint density at radius 1 is 1.12 bits per heavy atom. The van der Waals surface area contributed by atoms with Crippen LogP contribution in [0.4, 0.5) is 0 Å². The third-order valence-electron chi connectivity index (χ3n) is 2.67. The molecule has 0 fully saturated rings. The molecule has 0 amide bonds. The van der Waals surface area contributed by atoms with Gasteiger partial charge in [0.05, 0.1) is 6.61 Å². The van der Waals surface area contributed by atoms with E-state index in [4.69, 9.17) is 9.47 Å². The molecule has 0 aromatic rings. The molecule has 1 unspecified atom stereocenters. The van der Waals surface area contributed by atoms with Crippen LogP contribution in [-0.2, 0) is 9.47 Å². The van der Waals surface area contributed by atoms with Crippen LogP contribution in [0.1, 0.15) is 40.0 Å². The first-order chi connectivity index (χ1) is 7.72. The molecule has 0 saturated heterocycles. The first-order valence-corrected chi connectivity index (χ1v) is 6.52. The van der Waals surface area contributed by atoms with Gasteiger partial charge in [-0.25, -0.2) is 0 Å². The predicted molar refractivity (Wildman–Crippen MR) is 68.8 cm³/mol. The molecule has 0 bridgehead atoms. The van der Waals surface area contributed by atoms with Crippen LogP contribution < -0.4 is 5.32 Å². The molecular weight excluding hydrogens is 202 g/mol. The summed E-state index contributed by atoms with van der Waals surface area (Å²) >= 11 is 0. The molecule has 3 nitrogen and oxygen atoms in total. The van der Waals surface area contributed by atoms with Crippen LogP contribution in [0.3, 0.4) is 0 Å². The minimum absolute atomic E-state index is 0.459. The molecule has 16 heavy (non-hydrogen) atoms. The lowest BCUT2D eigenvalue weighted by Crippen LogP contribution is -2.38. The monoisotopic (exact) mass is 231 g/mol. The van der Waals surface area contributed by atoms with E-state index in [0.29, 0.717) is 12.0 Å². The van der Waals surface area contributed by atoms with Gasteiger partial charge in [-0.05, 0) is 25.3 Å². The maximum atomic E-state index is 5.51. The summed E-state index contributed by atoms with van der Waals surface area (Å²) in [5, 5.41) is 3.51. The molecule has 0 saturated carbocycles. The fraction of sp³-hybridized carbons (Fsp3) is 1.00. The Bertz CT molecular complexity index is 140. The Morgan fingerprint density at radius 2 is 1.81 bits per heavy atom. The van der Waals surface area contributed by atoms with Crippen molar-refractivity contribution in [2.45, 2.75) is 46.1 Å². The van der Waals surface area contributed by atoms with Crippen molar-refractivity contribution in [1.82, 2.24) is 5.32 Å². The van der Waals surface area contributed by atoms with Gasteiger partial charge in [0.15, 0.2) is 0 Å². The largest absolute Gasteiger partial charge is 0.383 e. The fourth-order valence-corrected chi connectivity index (χ4v) is 1.48. The Kier molecular flexibility index (Phi) is 11.3. The fourth-order valence-electron chi connectivity index (χ4n) is 1.48. The first kappa shape index (κ1) is 15.9. The van der Waals surface area contributed by atoms with Crippen molar-refractivity contribution in [2.75, 3.05) is 33.5 Å². The molecule has 0 aromatic heterocycles. The summed E-state index contributed by atoms with van der Waals surface area (Å²) in [6, 6.07) is 0.459. The molecule has 0 rings (SSSR count). The number of hydrogen-bond donors (Lipinski definition) is 1. The normalized spacial score (nSPS) is 13.3.